The molecule has 4 aromatic rings. The Morgan fingerprint density at radius 2 is 1.53 bits per heavy atom. The Kier molecular flexibility index (Phi) is 6.45. The highest BCUT2D eigenvalue weighted by molar-refractivity contribution is 5.73. The molecule has 0 saturated carbocycles. The van der Waals surface area contributed by atoms with Crippen LogP contribution >= 0.6 is 0 Å². The van der Waals surface area contributed by atoms with E-state index in [0.29, 0.717) is 17.9 Å². The van der Waals surface area contributed by atoms with Crippen LogP contribution in [0.1, 0.15) is 24.1 Å². The molecule has 3 aromatic carbocycles. The number of benzene rings is 3. The molecule has 0 amide bonds. The highest BCUT2D eigenvalue weighted by Crippen LogP contribution is 2.33. The molecule has 1 N–H and O–H groups in total. The molecule has 34 heavy (non-hydrogen) atoms. The van der Waals surface area contributed by atoms with Gasteiger partial charge in [0.25, 0.3) is 0 Å². The molecule has 0 radical (unpaired) electrons. The molecular formula is C27H22F3NO3. The third-order valence-electron chi connectivity index (χ3n) is 5.61. The van der Waals surface area contributed by atoms with Gasteiger partial charge in [-0.1, -0.05) is 54.6 Å². The van der Waals surface area contributed by atoms with Crippen molar-refractivity contribution in [2.24, 2.45) is 0 Å². The van der Waals surface area contributed by atoms with E-state index in [1.165, 1.54) is 12.1 Å². The fourth-order valence-electron chi connectivity index (χ4n) is 3.58. The summed E-state index contributed by atoms with van der Waals surface area (Å²) in [6.45, 7) is 1.92. The Labute approximate surface area is 194 Å². The van der Waals surface area contributed by atoms with Crippen LogP contribution in [0, 0.1) is 0 Å². The average Bonchev–Trinajstić information content (AvgIpc) is 3.32. The predicted molar refractivity (Wildman–Crippen MR) is 123 cm³/mol. The van der Waals surface area contributed by atoms with Crippen LogP contribution in [0.5, 0.6) is 5.75 Å². The number of aliphatic carboxylic acids is 1. The summed E-state index contributed by atoms with van der Waals surface area (Å²) in [7, 11) is 0. The Morgan fingerprint density at radius 3 is 2.15 bits per heavy atom. The van der Waals surface area contributed by atoms with Gasteiger partial charge in [0.15, 0.2) is 0 Å². The van der Waals surface area contributed by atoms with Crippen LogP contribution in [0.2, 0.25) is 0 Å². The molecule has 4 nitrogen and oxygen atoms in total. The summed E-state index contributed by atoms with van der Waals surface area (Å²) >= 11 is 0. The van der Waals surface area contributed by atoms with Crippen molar-refractivity contribution in [2.75, 3.05) is 0 Å². The van der Waals surface area contributed by atoms with E-state index < -0.39 is 23.8 Å². The van der Waals surface area contributed by atoms with Crippen LogP contribution in [-0.2, 0) is 17.6 Å². The van der Waals surface area contributed by atoms with Crippen molar-refractivity contribution in [3.8, 4) is 28.0 Å². The van der Waals surface area contributed by atoms with Gasteiger partial charge in [0.1, 0.15) is 18.4 Å². The topological polar surface area (TPSA) is 51.5 Å². The van der Waals surface area contributed by atoms with Crippen LogP contribution in [0.4, 0.5) is 13.2 Å². The highest BCUT2D eigenvalue weighted by atomic mass is 19.4. The van der Waals surface area contributed by atoms with Gasteiger partial charge < -0.3 is 14.4 Å². The molecule has 7 heteroatoms. The second-order valence-electron chi connectivity index (χ2n) is 7.92. The summed E-state index contributed by atoms with van der Waals surface area (Å²) in [5.74, 6) is -0.249. The van der Waals surface area contributed by atoms with Gasteiger partial charge >= 0.3 is 12.1 Å². The summed E-state index contributed by atoms with van der Waals surface area (Å²) in [4.78, 5) is 11.3. The van der Waals surface area contributed by atoms with E-state index in [-0.39, 0.29) is 0 Å². The SMILES string of the molecule is CC(C(=O)O)n1ccc(-c2ccccc2OCc2ccc(-c3ccc(C(F)(F)F)cc3)cc2)c1. The second kappa shape index (κ2) is 9.47. The zero-order chi connectivity index (χ0) is 24.3. The molecule has 0 bridgehead atoms. The number of carboxylic acid groups (broad SMARTS) is 1. The van der Waals surface area contributed by atoms with Crippen molar-refractivity contribution in [1.29, 1.82) is 0 Å². The number of aromatic nitrogens is 1. The lowest BCUT2D eigenvalue weighted by Crippen LogP contribution is -2.13. The number of hydrogen-bond donors (Lipinski definition) is 1. The molecule has 1 heterocycles. The molecular weight excluding hydrogens is 443 g/mol. The molecule has 1 aromatic heterocycles. The number of carboxylic acids is 1. The van der Waals surface area contributed by atoms with Gasteiger partial charge in [-0.15, -0.1) is 0 Å². The summed E-state index contributed by atoms with van der Waals surface area (Å²) in [6, 6.07) is 21.2. The van der Waals surface area contributed by atoms with Crippen LogP contribution in [-0.4, -0.2) is 15.6 Å². The normalized spacial score (nSPS) is 12.4. The number of rotatable bonds is 7. The van der Waals surface area contributed by atoms with Crippen molar-refractivity contribution >= 4 is 5.97 Å². The van der Waals surface area contributed by atoms with E-state index in [2.05, 4.69) is 0 Å². The number of nitrogens with zero attached hydrogens (tertiary/aromatic N) is 1. The summed E-state index contributed by atoms with van der Waals surface area (Å²) in [5.41, 5.74) is 3.44. The maximum Gasteiger partial charge on any atom is 0.416 e. The molecule has 0 aliphatic rings. The third-order valence-corrected chi connectivity index (χ3v) is 5.61. The number of alkyl halides is 3. The number of ether oxygens (including phenoxy) is 1. The van der Waals surface area contributed by atoms with E-state index in [1.807, 2.05) is 54.6 Å². The van der Waals surface area contributed by atoms with E-state index in [4.69, 9.17) is 4.74 Å². The number of hydrogen-bond acceptors (Lipinski definition) is 2. The zero-order valence-corrected chi connectivity index (χ0v) is 18.3. The Morgan fingerprint density at radius 1 is 0.912 bits per heavy atom. The first-order valence-electron chi connectivity index (χ1n) is 10.6. The van der Waals surface area contributed by atoms with Crippen LogP contribution < -0.4 is 4.74 Å². The molecule has 0 aliphatic heterocycles. The van der Waals surface area contributed by atoms with Crippen molar-refractivity contribution in [3.05, 3.63) is 102 Å². The number of para-hydroxylation sites is 1. The van der Waals surface area contributed by atoms with Crippen LogP contribution in [0.25, 0.3) is 22.3 Å². The molecule has 1 atom stereocenters. The van der Waals surface area contributed by atoms with Gasteiger partial charge in [0, 0.05) is 23.5 Å². The maximum atomic E-state index is 12.8. The summed E-state index contributed by atoms with van der Waals surface area (Å²) < 4.78 is 46.0. The summed E-state index contributed by atoms with van der Waals surface area (Å²) in [6.07, 6.45) is -0.849. The van der Waals surface area contributed by atoms with Crippen molar-refractivity contribution in [2.45, 2.75) is 25.7 Å². The Bertz CT molecular complexity index is 1280. The lowest BCUT2D eigenvalue weighted by atomic mass is 10.0. The average molecular weight is 465 g/mol. The molecule has 0 saturated heterocycles. The van der Waals surface area contributed by atoms with Crippen LogP contribution in [0.15, 0.2) is 91.3 Å². The lowest BCUT2D eigenvalue weighted by Gasteiger charge is -2.12. The van der Waals surface area contributed by atoms with Crippen molar-refractivity contribution < 1.29 is 27.8 Å². The fraction of sp³-hybridized carbons (Fsp3) is 0.148. The molecule has 1 unspecified atom stereocenters. The second-order valence-corrected chi connectivity index (χ2v) is 7.92. The van der Waals surface area contributed by atoms with Gasteiger partial charge in [-0.25, -0.2) is 4.79 Å². The minimum absolute atomic E-state index is 0.302. The van der Waals surface area contributed by atoms with Gasteiger partial charge in [0.2, 0.25) is 0 Å². The van der Waals surface area contributed by atoms with Gasteiger partial charge in [-0.3, -0.25) is 0 Å². The Balaban J connectivity index is 1.46. The zero-order valence-electron chi connectivity index (χ0n) is 18.3. The largest absolute Gasteiger partial charge is 0.488 e. The molecule has 0 fully saturated rings. The first-order chi connectivity index (χ1) is 16.2. The van der Waals surface area contributed by atoms with Gasteiger partial charge in [-0.05, 0) is 47.9 Å². The van der Waals surface area contributed by atoms with E-state index >= 15 is 0 Å². The minimum atomic E-state index is -4.35. The van der Waals surface area contributed by atoms with E-state index in [9.17, 15) is 23.1 Å². The smallest absolute Gasteiger partial charge is 0.416 e. The number of halogens is 3. The minimum Gasteiger partial charge on any atom is -0.488 e. The van der Waals surface area contributed by atoms with Crippen molar-refractivity contribution in [3.63, 3.8) is 0 Å². The van der Waals surface area contributed by atoms with E-state index in [1.54, 1.807) is 23.9 Å². The van der Waals surface area contributed by atoms with Gasteiger partial charge in [-0.2, -0.15) is 13.2 Å². The standard InChI is InChI=1S/C27H22F3NO3/c1-18(26(32)33)31-15-14-22(16-31)24-4-2-3-5-25(24)34-17-19-6-8-20(9-7-19)21-10-12-23(13-11-21)27(28,29)30/h2-16,18H,17H2,1H3,(H,32,33). The Hall–Kier alpha value is -4.00. The quantitative estimate of drug-likeness (QED) is 0.318. The predicted octanol–water partition coefficient (Wildman–Crippen LogP) is 7.07. The van der Waals surface area contributed by atoms with Gasteiger partial charge in [0.05, 0.1) is 5.56 Å². The fourth-order valence-corrected chi connectivity index (χ4v) is 3.58. The lowest BCUT2D eigenvalue weighted by molar-refractivity contribution is -0.140. The molecule has 4 rings (SSSR count). The molecule has 0 spiro atoms. The maximum absolute atomic E-state index is 12.8. The monoisotopic (exact) mass is 465 g/mol. The van der Waals surface area contributed by atoms with Crippen LogP contribution in [0.3, 0.4) is 0 Å². The third kappa shape index (κ3) is 5.14. The van der Waals surface area contributed by atoms with E-state index in [0.717, 1.165) is 34.4 Å². The molecule has 174 valence electrons. The summed E-state index contributed by atoms with van der Waals surface area (Å²) in [5, 5.41) is 9.23. The first kappa shape index (κ1) is 23.2. The van der Waals surface area contributed by atoms with Crippen molar-refractivity contribution in [1.82, 2.24) is 4.57 Å². The number of carbonyl (C=O) groups is 1. The first-order valence-corrected chi connectivity index (χ1v) is 10.6. The highest BCUT2D eigenvalue weighted by Gasteiger charge is 2.29. The molecule has 0 aliphatic carbocycles.